The number of rotatable bonds is 7. The smallest absolute Gasteiger partial charge is 0.223 e. The Labute approximate surface area is 169 Å². The van der Waals surface area contributed by atoms with Gasteiger partial charge in [-0.05, 0) is 45.2 Å². The number of piperidine rings is 1. The lowest BCUT2D eigenvalue weighted by Gasteiger charge is -2.33. The minimum Gasteiger partial charge on any atom is -0.350 e. The van der Waals surface area contributed by atoms with Gasteiger partial charge < -0.3 is 5.32 Å². The highest BCUT2D eigenvalue weighted by Gasteiger charge is 2.43. The summed E-state index contributed by atoms with van der Waals surface area (Å²) in [5, 5.41) is 2.99. The van der Waals surface area contributed by atoms with Crippen molar-refractivity contribution in [3.63, 3.8) is 0 Å². The van der Waals surface area contributed by atoms with Crippen LogP contribution in [-0.4, -0.2) is 87.5 Å². The van der Waals surface area contributed by atoms with Crippen molar-refractivity contribution in [2.45, 2.75) is 57.5 Å². The summed E-state index contributed by atoms with van der Waals surface area (Å²) in [6.45, 7) is 4.47. The summed E-state index contributed by atoms with van der Waals surface area (Å²) in [7, 11) is -6.38. The van der Waals surface area contributed by atoms with E-state index in [0.29, 0.717) is 32.4 Å². The molecule has 162 valence electrons. The summed E-state index contributed by atoms with van der Waals surface area (Å²) in [4.78, 5) is 15.0. The molecule has 10 heteroatoms. The van der Waals surface area contributed by atoms with E-state index in [9.17, 15) is 21.6 Å². The Hall–Kier alpha value is -0.710. The molecule has 0 saturated carbocycles. The van der Waals surface area contributed by atoms with Crippen molar-refractivity contribution in [1.29, 1.82) is 0 Å². The molecule has 3 aliphatic heterocycles. The molecule has 28 heavy (non-hydrogen) atoms. The van der Waals surface area contributed by atoms with Gasteiger partial charge in [0.05, 0.1) is 23.3 Å². The standard InChI is InChI=1S/C18H33N3O5S2/c1-2-3-12-28(25,26)21-10-6-15(7-11-21)18(22)19-16-13-27(23,24)14-17(16)20-8-4-5-9-20/h15-17H,2-14H2,1H3,(H,19,22). The van der Waals surface area contributed by atoms with Crippen LogP contribution in [0.25, 0.3) is 0 Å². The molecule has 3 fully saturated rings. The summed E-state index contributed by atoms with van der Waals surface area (Å²) < 4.78 is 50.4. The first-order chi connectivity index (χ1) is 13.2. The molecular formula is C18H33N3O5S2. The number of amides is 1. The van der Waals surface area contributed by atoms with Gasteiger partial charge in [0.15, 0.2) is 9.84 Å². The third kappa shape index (κ3) is 5.25. The molecule has 3 saturated heterocycles. The van der Waals surface area contributed by atoms with Crippen LogP contribution >= 0.6 is 0 Å². The highest BCUT2D eigenvalue weighted by atomic mass is 32.2. The molecule has 1 N–H and O–H groups in total. The molecule has 3 aliphatic rings. The van der Waals surface area contributed by atoms with Crippen LogP contribution in [-0.2, 0) is 24.7 Å². The lowest BCUT2D eigenvalue weighted by molar-refractivity contribution is -0.127. The average molecular weight is 436 g/mol. The van der Waals surface area contributed by atoms with Gasteiger partial charge in [0.2, 0.25) is 15.9 Å². The quantitative estimate of drug-likeness (QED) is 0.613. The second-order valence-corrected chi connectivity index (χ2v) is 12.6. The van der Waals surface area contributed by atoms with Gasteiger partial charge in [-0.1, -0.05) is 13.3 Å². The summed E-state index contributed by atoms with van der Waals surface area (Å²) in [5.41, 5.74) is 0. The maximum Gasteiger partial charge on any atom is 0.223 e. The average Bonchev–Trinajstić information content (AvgIpc) is 3.27. The zero-order valence-corrected chi connectivity index (χ0v) is 18.3. The van der Waals surface area contributed by atoms with E-state index in [1.54, 1.807) is 0 Å². The summed E-state index contributed by atoms with van der Waals surface area (Å²) in [6, 6.07) is -0.493. The number of sulfone groups is 1. The van der Waals surface area contributed by atoms with Gasteiger partial charge >= 0.3 is 0 Å². The van der Waals surface area contributed by atoms with Crippen LogP contribution < -0.4 is 5.32 Å². The number of hydrogen-bond donors (Lipinski definition) is 1. The Bertz CT molecular complexity index is 754. The lowest BCUT2D eigenvalue weighted by atomic mass is 9.96. The summed E-state index contributed by atoms with van der Waals surface area (Å²) in [6.07, 6.45) is 4.61. The van der Waals surface area contributed by atoms with Crippen LogP contribution in [0.3, 0.4) is 0 Å². The van der Waals surface area contributed by atoms with Crippen LogP contribution in [0.5, 0.6) is 0 Å². The molecular weight excluding hydrogens is 402 g/mol. The molecule has 1 amide bonds. The molecule has 0 aromatic carbocycles. The van der Waals surface area contributed by atoms with Gasteiger partial charge in [-0.15, -0.1) is 0 Å². The molecule has 0 bridgehead atoms. The molecule has 3 rings (SSSR count). The lowest BCUT2D eigenvalue weighted by Crippen LogP contribution is -2.52. The molecule has 0 spiro atoms. The summed E-state index contributed by atoms with van der Waals surface area (Å²) in [5.74, 6) is -0.0920. The molecule has 2 unspecified atom stereocenters. The van der Waals surface area contributed by atoms with Crippen molar-refractivity contribution < 1.29 is 21.6 Å². The van der Waals surface area contributed by atoms with Crippen LogP contribution in [0, 0.1) is 5.92 Å². The van der Waals surface area contributed by atoms with E-state index in [1.165, 1.54) is 4.31 Å². The molecule has 2 atom stereocenters. The first-order valence-corrected chi connectivity index (χ1v) is 13.9. The Morgan fingerprint density at radius 2 is 1.71 bits per heavy atom. The van der Waals surface area contributed by atoms with Gasteiger partial charge in [0.25, 0.3) is 0 Å². The number of sulfonamides is 1. The number of carbonyl (C=O) groups excluding carboxylic acids is 1. The largest absolute Gasteiger partial charge is 0.350 e. The predicted octanol–water partition coefficient (Wildman–Crippen LogP) is 0.206. The van der Waals surface area contributed by atoms with Crippen molar-refractivity contribution >= 4 is 25.8 Å². The number of hydrogen-bond acceptors (Lipinski definition) is 6. The minimum atomic E-state index is -3.24. The zero-order valence-electron chi connectivity index (χ0n) is 16.7. The van der Waals surface area contributed by atoms with E-state index in [1.807, 2.05) is 6.92 Å². The van der Waals surface area contributed by atoms with Gasteiger partial charge in [-0.3, -0.25) is 9.69 Å². The van der Waals surface area contributed by atoms with Crippen molar-refractivity contribution in [2.24, 2.45) is 5.92 Å². The Kier molecular flexibility index (Phi) is 7.05. The van der Waals surface area contributed by atoms with Crippen molar-refractivity contribution in [2.75, 3.05) is 43.4 Å². The van der Waals surface area contributed by atoms with E-state index in [-0.39, 0.29) is 41.2 Å². The molecule has 3 heterocycles. The predicted molar refractivity (Wildman–Crippen MR) is 108 cm³/mol. The third-order valence-corrected chi connectivity index (χ3v) is 9.91. The third-order valence-electron chi connectivity index (χ3n) is 6.23. The van der Waals surface area contributed by atoms with Gasteiger partial charge in [-0.25, -0.2) is 21.1 Å². The fraction of sp³-hybridized carbons (Fsp3) is 0.944. The number of nitrogens with one attached hydrogen (secondary N) is 1. The number of likely N-dealkylation sites (tertiary alicyclic amines) is 1. The van der Waals surface area contributed by atoms with E-state index < -0.39 is 19.9 Å². The monoisotopic (exact) mass is 435 g/mol. The minimum absolute atomic E-state index is 0.00412. The fourth-order valence-electron chi connectivity index (χ4n) is 4.55. The zero-order chi connectivity index (χ0) is 20.4. The first kappa shape index (κ1) is 22.0. The van der Waals surface area contributed by atoms with Gasteiger partial charge in [0.1, 0.15) is 0 Å². The van der Waals surface area contributed by atoms with Crippen molar-refractivity contribution in [1.82, 2.24) is 14.5 Å². The highest BCUT2D eigenvalue weighted by Crippen LogP contribution is 2.25. The maximum absolute atomic E-state index is 12.8. The molecule has 0 aromatic rings. The van der Waals surface area contributed by atoms with Gasteiger partial charge in [0, 0.05) is 25.0 Å². The van der Waals surface area contributed by atoms with Gasteiger partial charge in [-0.2, -0.15) is 0 Å². The Morgan fingerprint density at radius 3 is 2.32 bits per heavy atom. The Balaban J connectivity index is 1.55. The van der Waals surface area contributed by atoms with E-state index >= 15 is 0 Å². The highest BCUT2D eigenvalue weighted by molar-refractivity contribution is 7.91. The van der Waals surface area contributed by atoms with E-state index in [0.717, 1.165) is 32.4 Å². The van der Waals surface area contributed by atoms with E-state index in [4.69, 9.17) is 0 Å². The number of unbranched alkanes of at least 4 members (excludes halogenated alkanes) is 1. The first-order valence-electron chi connectivity index (χ1n) is 10.4. The second kappa shape index (κ2) is 8.97. The van der Waals surface area contributed by atoms with Crippen LogP contribution in [0.2, 0.25) is 0 Å². The number of carbonyl (C=O) groups is 1. The van der Waals surface area contributed by atoms with Crippen molar-refractivity contribution in [3.05, 3.63) is 0 Å². The Morgan fingerprint density at radius 1 is 1.07 bits per heavy atom. The number of nitrogens with zero attached hydrogens (tertiary/aromatic N) is 2. The maximum atomic E-state index is 12.8. The summed E-state index contributed by atoms with van der Waals surface area (Å²) >= 11 is 0. The van der Waals surface area contributed by atoms with Crippen LogP contribution in [0.15, 0.2) is 0 Å². The molecule has 0 aliphatic carbocycles. The SMILES string of the molecule is CCCCS(=O)(=O)N1CCC(C(=O)NC2CS(=O)(=O)CC2N2CCCC2)CC1. The molecule has 0 aromatic heterocycles. The topological polar surface area (TPSA) is 104 Å². The molecule has 8 nitrogen and oxygen atoms in total. The molecule has 0 radical (unpaired) electrons. The fourth-order valence-corrected chi connectivity index (χ4v) is 8.18. The van der Waals surface area contributed by atoms with E-state index in [2.05, 4.69) is 10.2 Å². The van der Waals surface area contributed by atoms with Crippen LogP contribution in [0.1, 0.15) is 45.4 Å². The second-order valence-electron chi connectivity index (χ2n) is 8.35. The normalized spacial score (nSPS) is 29.9. The van der Waals surface area contributed by atoms with Crippen molar-refractivity contribution in [3.8, 4) is 0 Å². The van der Waals surface area contributed by atoms with Crippen LogP contribution in [0.4, 0.5) is 0 Å².